The van der Waals surface area contributed by atoms with Gasteiger partial charge in [-0.3, -0.25) is 4.57 Å². The van der Waals surface area contributed by atoms with E-state index in [1.165, 1.54) is 12.8 Å². The largest absolute Gasteiger partial charge is 0.348 e. The van der Waals surface area contributed by atoms with Crippen molar-refractivity contribution < 1.29 is 9.87 Å². The summed E-state index contributed by atoms with van der Waals surface area (Å²) in [6.45, 7) is 0. The first-order valence-electron chi connectivity index (χ1n) is 5.52. The van der Waals surface area contributed by atoms with Gasteiger partial charge in [0.1, 0.15) is 0 Å². The highest BCUT2D eigenvalue weighted by Crippen LogP contribution is 2.36. The molecular weight excluding hydrogens is 208 g/mol. The Balaban J connectivity index is 2.02. The molecule has 6 heteroatoms. The van der Waals surface area contributed by atoms with Gasteiger partial charge in [0.25, 0.3) is 12.0 Å². The summed E-state index contributed by atoms with van der Waals surface area (Å²) in [5.74, 6) is 0.631. The molecule has 84 valence electrons. The van der Waals surface area contributed by atoms with Crippen LogP contribution in [0.1, 0.15) is 43.6 Å². The van der Waals surface area contributed by atoms with Gasteiger partial charge in [-0.15, -0.1) is 0 Å². The van der Waals surface area contributed by atoms with Crippen molar-refractivity contribution in [3.05, 3.63) is 16.9 Å². The number of hydrogen-bond donors (Lipinski definition) is 1. The van der Waals surface area contributed by atoms with E-state index in [1.807, 2.05) is 4.57 Å². The second-order valence-corrected chi connectivity index (χ2v) is 4.28. The van der Waals surface area contributed by atoms with Gasteiger partial charge in [-0.1, -0.05) is 17.7 Å². The number of nitroso groups, excluding NO2 is 1. The molecule has 1 N–H and O–H groups in total. The number of aliphatic hydroxyl groups is 1. The summed E-state index contributed by atoms with van der Waals surface area (Å²) < 4.78 is 2.39. The van der Waals surface area contributed by atoms with E-state index in [1.54, 1.807) is 6.33 Å². The lowest BCUT2D eigenvalue weighted by atomic mass is 10.2. The van der Waals surface area contributed by atoms with E-state index in [4.69, 9.17) is 0 Å². The van der Waals surface area contributed by atoms with Crippen molar-refractivity contribution in [2.75, 3.05) is 0 Å². The molecule has 1 aromatic rings. The Labute approximate surface area is 92.2 Å². The fraction of sp³-hybridized carbons (Fsp3) is 0.600. The summed E-state index contributed by atoms with van der Waals surface area (Å²) in [5.41, 5.74) is 0.365. The van der Waals surface area contributed by atoms with Gasteiger partial charge in [0, 0.05) is 10.8 Å². The van der Waals surface area contributed by atoms with Gasteiger partial charge in [-0.05, 0) is 17.8 Å². The summed E-state index contributed by atoms with van der Waals surface area (Å²) >= 11 is 0. The fourth-order valence-corrected chi connectivity index (χ4v) is 2.43. The second-order valence-electron chi connectivity index (χ2n) is 4.28. The third kappa shape index (κ3) is 1.30. The first-order chi connectivity index (χ1) is 7.77. The monoisotopic (exact) mass is 221 g/mol. The second kappa shape index (κ2) is 3.48. The topological polar surface area (TPSA) is 70.5 Å². The first kappa shape index (κ1) is 9.65. The minimum Gasteiger partial charge on any atom is -0.348 e. The molecule has 0 radical (unpaired) electrons. The first-order valence-corrected chi connectivity index (χ1v) is 5.52. The Hall–Kier alpha value is -1.56. The Kier molecular flexibility index (Phi) is 2.10. The Morgan fingerprint density at radius 1 is 1.44 bits per heavy atom. The van der Waals surface area contributed by atoms with E-state index >= 15 is 0 Å². The number of aliphatic imine (C=N–C) groups is 1. The number of aromatic nitrogens is 2. The summed E-state index contributed by atoms with van der Waals surface area (Å²) in [7, 11) is 0. The molecular formula is C10H13N4O2+. The van der Waals surface area contributed by atoms with Crippen molar-refractivity contribution in [2.24, 2.45) is 4.99 Å². The molecule has 1 aliphatic carbocycles. The van der Waals surface area contributed by atoms with Crippen LogP contribution in [0, 0.1) is 4.91 Å². The molecule has 3 rings (SSSR count). The maximum atomic E-state index is 11.2. The predicted octanol–water partition coefficient (Wildman–Crippen LogP) is 1.44. The standard InChI is InChI=1S/C10H13N4O2/c15-10-8-9(12-6-14(10)16)13(5-11-8)7-3-1-2-4-7/h5-7,10,15H,1-4H2/q+1. The van der Waals surface area contributed by atoms with E-state index in [9.17, 15) is 10.0 Å². The zero-order valence-corrected chi connectivity index (χ0v) is 8.78. The van der Waals surface area contributed by atoms with Crippen LogP contribution in [0.15, 0.2) is 11.3 Å². The van der Waals surface area contributed by atoms with Crippen LogP contribution < -0.4 is 0 Å². The lowest BCUT2D eigenvalue weighted by molar-refractivity contribution is -0.532. The van der Waals surface area contributed by atoms with Gasteiger partial charge >= 0.3 is 6.34 Å². The van der Waals surface area contributed by atoms with Gasteiger partial charge in [-0.25, -0.2) is 4.98 Å². The number of imidazole rings is 1. The minimum atomic E-state index is -1.21. The smallest absolute Gasteiger partial charge is 0.331 e. The zero-order chi connectivity index (χ0) is 11.1. The molecule has 1 aliphatic heterocycles. The highest BCUT2D eigenvalue weighted by molar-refractivity contribution is 5.56. The van der Waals surface area contributed by atoms with Crippen LogP contribution in [0.4, 0.5) is 5.82 Å². The van der Waals surface area contributed by atoms with Crippen molar-refractivity contribution in [1.82, 2.24) is 9.55 Å². The van der Waals surface area contributed by atoms with Crippen LogP contribution in [0.25, 0.3) is 0 Å². The lowest BCUT2D eigenvalue weighted by Gasteiger charge is -2.11. The highest BCUT2D eigenvalue weighted by Gasteiger charge is 2.35. The highest BCUT2D eigenvalue weighted by atomic mass is 16.4. The summed E-state index contributed by atoms with van der Waals surface area (Å²) in [4.78, 5) is 19.3. The molecule has 0 amide bonds. The molecule has 0 bridgehead atoms. The lowest BCUT2D eigenvalue weighted by Crippen LogP contribution is -2.18. The molecule has 6 nitrogen and oxygen atoms in total. The van der Waals surface area contributed by atoms with Gasteiger partial charge in [0.2, 0.25) is 0 Å². The van der Waals surface area contributed by atoms with Crippen molar-refractivity contribution in [3.63, 3.8) is 0 Å². The van der Waals surface area contributed by atoms with Crippen LogP contribution in [0.2, 0.25) is 0 Å². The van der Waals surface area contributed by atoms with E-state index in [-0.39, 0.29) is 0 Å². The third-order valence-corrected chi connectivity index (χ3v) is 3.29. The minimum absolute atomic E-state index is 0.365. The van der Waals surface area contributed by atoms with Crippen molar-refractivity contribution in [1.29, 1.82) is 0 Å². The van der Waals surface area contributed by atoms with Crippen LogP contribution in [0.5, 0.6) is 0 Å². The van der Waals surface area contributed by atoms with Crippen LogP contribution in [-0.2, 0) is 0 Å². The molecule has 2 aliphatic rings. The van der Waals surface area contributed by atoms with Gasteiger partial charge < -0.3 is 5.11 Å². The average molecular weight is 221 g/mol. The van der Waals surface area contributed by atoms with E-state index in [2.05, 4.69) is 9.98 Å². The third-order valence-electron chi connectivity index (χ3n) is 3.29. The average Bonchev–Trinajstić information content (AvgIpc) is 2.91. The molecule has 0 spiro atoms. The molecule has 0 saturated heterocycles. The van der Waals surface area contributed by atoms with Crippen LogP contribution >= 0.6 is 0 Å². The SMILES string of the molecule is O=[N+]1C=Nc2c(ncn2C2CCCC2)C1O. The summed E-state index contributed by atoms with van der Waals surface area (Å²) in [5, 5.41) is 9.63. The molecule has 1 unspecified atom stereocenters. The molecule has 1 saturated carbocycles. The number of hydrogen-bond acceptors (Lipinski definition) is 4. The molecule has 1 atom stereocenters. The molecule has 0 aromatic carbocycles. The van der Waals surface area contributed by atoms with E-state index in [0.717, 1.165) is 19.2 Å². The molecule has 1 fully saturated rings. The number of rotatable bonds is 1. The Bertz CT molecular complexity index is 459. The van der Waals surface area contributed by atoms with Crippen LogP contribution in [0.3, 0.4) is 0 Å². The maximum absolute atomic E-state index is 11.2. The predicted molar refractivity (Wildman–Crippen MR) is 56.5 cm³/mol. The van der Waals surface area contributed by atoms with Crippen molar-refractivity contribution in [3.8, 4) is 0 Å². The van der Waals surface area contributed by atoms with E-state index < -0.39 is 6.23 Å². The maximum Gasteiger partial charge on any atom is 0.331 e. The molecule has 2 heterocycles. The Morgan fingerprint density at radius 3 is 2.94 bits per heavy atom. The normalized spacial score (nSPS) is 25.1. The zero-order valence-electron chi connectivity index (χ0n) is 8.78. The van der Waals surface area contributed by atoms with E-state index in [0.29, 0.717) is 22.3 Å². The number of fused-ring (bicyclic) bond motifs is 1. The Morgan fingerprint density at radius 2 is 2.19 bits per heavy atom. The van der Waals surface area contributed by atoms with Gasteiger partial charge in [0.05, 0.1) is 6.33 Å². The fourth-order valence-electron chi connectivity index (χ4n) is 2.43. The summed E-state index contributed by atoms with van der Waals surface area (Å²) in [6, 6.07) is 0.416. The van der Waals surface area contributed by atoms with Crippen molar-refractivity contribution in [2.45, 2.75) is 38.0 Å². The van der Waals surface area contributed by atoms with Crippen LogP contribution in [-0.4, -0.2) is 25.8 Å². The van der Waals surface area contributed by atoms with Gasteiger partial charge in [0.15, 0.2) is 5.69 Å². The molecule has 1 aromatic heterocycles. The number of nitrogens with zero attached hydrogens (tertiary/aromatic N) is 4. The quantitative estimate of drug-likeness (QED) is 0.729. The summed E-state index contributed by atoms with van der Waals surface area (Å²) in [6.07, 6.45) is 6.26. The number of aliphatic hydroxyl groups excluding tert-OH is 1. The van der Waals surface area contributed by atoms with Gasteiger partial charge in [-0.2, -0.15) is 0 Å². The molecule has 16 heavy (non-hydrogen) atoms. The van der Waals surface area contributed by atoms with Crippen molar-refractivity contribution >= 4 is 12.2 Å².